The molecule has 10 aromatic carbocycles. The first-order chi connectivity index (χ1) is 34.7. The van der Waals surface area contributed by atoms with E-state index in [1.165, 1.54) is 88.3 Å². The Balaban J connectivity index is 0.979. The van der Waals surface area contributed by atoms with Crippen LogP contribution in [0.1, 0.15) is 44.5 Å². The van der Waals surface area contributed by atoms with Crippen LogP contribution >= 0.6 is 0 Å². The lowest BCUT2D eigenvalue weighted by Gasteiger charge is -2.34. The van der Waals surface area contributed by atoms with E-state index in [4.69, 9.17) is 4.98 Å². The van der Waals surface area contributed by atoms with Crippen molar-refractivity contribution in [2.75, 3.05) is 0 Å². The molecule has 0 radical (unpaired) electrons. The summed E-state index contributed by atoms with van der Waals surface area (Å²) in [5.41, 5.74) is 18.8. The van der Waals surface area contributed by atoms with Crippen LogP contribution in [0.3, 0.4) is 0 Å². The highest BCUT2D eigenvalue weighted by atomic mass is 15.1. The third-order valence-electron chi connectivity index (χ3n) is 15.7. The van der Waals surface area contributed by atoms with Gasteiger partial charge in [0.15, 0.2) is 0 Å². The van der Waals surface area contributed by atoms with Gasteiger partial charge >= 0.3 is 0 Å². The first kappa shape index (κ1) is 39.0. The number of rotatable bonds is 6. The first-order valence-corrected chi connectivity index (χ1v) is 24.3. The average molecular weight is 890 g/mol. The highest BCUT2D eigenvalue weighted by molar-refractivity contribution is 6.13. The summed E-state index contributed by atoms with van der Waals surface area (Å²) in [5.74, 6) is 1.74. The molecule has 0 spiro atoms. The molecule has 326 valence electrons. The third-order valence-corrected chi connectivity index (χ3v) is 15.7. The standard InChI is InChI=1S/C67H43N3/c1-5-22-44(23-6-1)66(45-24-7-2-8-25-45)56-34-17-13-30-48(56)52-42-62-54(40-58(52)66)50-32-15-19-36-60(50)69(62)64-38-21-39-65(68-64)70-61-37-20-16-33-51(61)55-41-59-53(43-63(55)70)49-31-14-18-35-57(49)67(59,46-26-9-3-10-27-46)47-28-11-4-12-29-47/h1-43H. The Hall–Kier alpha value is -9.05. The van der Waals surface area contributed by atoms with Gasteiger partial charge in [0.05, 0.1) is 32.9 Å². The normalized spacial score (nSPS) is 13.9. The minimum absolute atomic E-state index is 0.497. The molecule has 3 heterocycles. The molecule has 3 aromatic heterocycles. The van der Waals surface area contributed by atoms with Crippen molar-refractivity contribution in [2.45, 2.75) is 10.8 Å². The van der Waals surface area contributed by atoms with Crippen LogP contribution in [0.25, 0.3) is 77.5 Å². The second-order valence-electron chi connectivity index (χ2n) is 18.9. The smallest absolute Gasteiger partial charge is 0.140 e. The molecule has 0 unspecified atom stereocenters. The summed E-state index contributed by atoms with van der Waals surface area (Å²) in [7, 11) is 0. The van der Waals surface area contributed by atoms with Crippen molar-refractivity contribution in [3.05, 3.63) is 305 Å². The van der Waals surface area contributed by atoms with Crippen LogP contribution in [0, 0.1) is 0 Å². The summed E-state index contributed by atoms with van der Waals surface area (Å²) in [6.45, 7) is 0. The quantitative estimate of drug-likeness (QED) is 0.163. The van der Waals surface area contributed by atoms with Gasteiger partial charge in [-0.2, -0.15) is 0 Å². The van der Waals surface area contributed by atoms with Crippen molar-refractivity contribution < 1.29 is 0 Å². The molecular formula is C67H43N3. The molecule has 2 aliphatic carbocycles. The van der Waals surface area contributed by atoms with E-state index in [0.29, 0.717) is 0 Å². The van der Waals surface area contributed by atoms with E-state index in [0.717, 1.165) is 33.7 Å². The molecule has 0 amide bonds. The fraction of sp³-hybridized carbons (Fsp3) is 0.0299. The maximum atomic E-state index is 5.71. The van der Waals surface area contributed by atoms with Crippen LogP contribution < -0.4 is 0 Å². The maximum absolute atomic E-state index is 5.71. The van der Waals surface area contributed by atoms with E-state index in [2.05, 4.69) is 270 Å². The number of fused-ring (bicyclic) bond motifs is 12. The van der Waals surface area contributed by atoms with Crippen LogP contribution in [0.5, 0.6) is 0 Å². The van der Waals surface area contributed by atoms with Gasteiger partial charge in [-0.1, -0.05) is 212 Å². The fourth-order valence-corrected chi connectivity index (χ4v) is 13.0. The summed E-state index contributed by atoms with van der Waals surface area (Å²) in [6, 6.07) is 96.4. The predicted molar refractivity (Wildman–Crippen MR) is 288 cm³/mol. The second-order valence-corrected chi connectivity index (χ2v) is 18.9. The first-order valence-electron chi connectivity index (χ1n) is 24.3. The van der Waals surface area contributed by atoms with Crippen molar-refractivity contribution in [3.8, 4) is 33.9 Å². The molecule has 0 saturated heterocycles. The molecule has 0 atom stereocenters. The number of hydrogen-bond acceptors (Lipinski definition) is 1. The SMILES string of the molecule is c1ccc(C2(c3ccccc3)c3ccccc3-c3cc4c(cc32)c2ccccc2n4-c2cccc(-n3c4ccccc4c4cc5c(cc43)-c3ccccc3C5(c3ccccc3)c3ccccc3)n2)cc1. The summed E-state index contributed by atoms with van der Waals surface area (Å²) >= 11 is 0. The molecule has 0 N–H and O–H groups in total. The van der Waals surface area contributed by atoms with E-state index in [9.17, 15) is 0 Å². The van der Waals surface area contributed by atoms with Gasteiger partial charge in [0, 0.05) is 21.5 Å². The van der Waals surface area contributed by atoms with E-state index in [1.807, 2.05) is 0 Å². The summed E-state index contributed by atoms with van der Waals surface area (Å²) < 4.78 is 4.77. The van der Waals surface area contributed by atoms with Crippen LogP contribution in [-0.4, -0.2) is 14.1 Å². The molecule has 70 heavy (non-hydrogen) atoms. The van der Waals surface area contributed by atoms with E-state index >= 15 is 0 Å². The van der Waals surface area contributed by atoms with E-state index in [-0.39, 0.29) is 0 Å². The highest BCUT2D eigenvalue weighted by Crippen LogP contribution is 2.59. The molecule has 0 saturated carbocycles. The number of aromatic nitrogens is 3. The largest absolute Gasteiger partial charge is 0.294 e. The third kappa shape index (κ3) is 5.10. The van der Waals surface area contributed by atoms with E-state index in [1.54, 1.807) is 0 Å². The lowest BCUT2D eigenvalue weighted by atomic mass is 9.67. The fourth-order valence-electron chi connectivity index (χ4n) is 13.0. The zero-order chi connectivity index (χ0) is 46.0. The highest BCUT2D eigenvalue weighted by Gasteiger charge is 2.48. The molecule has 2 aliphatic rings. The Labute approximate surface area is 405 Å². The average Bonchev–Trinajstić information content (AvgIpc) is 4.13. The van der Waals surface area contributed by atoms with E-state index < -0.39 is 10.8 Å². The monoisotopic (exact) mass is 889 g/mol. The van der Waals surface area contributed by atoms with Crippen molar-refractivity contribution in [1.29, 1.82) is 0 Å². The van der Waals surface area contributed by atoms with Gasteiger partial charge in [-0.25, -0.2) is 4.98 Å². The van der Waals surface area contributed by atoms with Crippen LogP contribution in [0.15, 0.2) is 261 Å². The zero-order valence-electron chi connectivity index (χ0n) is 38.2. The van der Waals surface area contributed by atoms with Gasteiger partial charge in [0.2, 0.25) is 0 Å². The topological polar surface area (TPSA) is 22.8 Å². The Morgan fingerprint density at radius 1 is 0.243 bits per heavy atom. The van der Waals surface area contributed by atoms with Gasteiger partial charge in [0.1, 0.15) is 11.6 Å². The van der Waals surface area contributed by atoms with Crippen LogP contribution in [0.4, 0.5) is 0 Å². The minimum Gasteiger partial charge on any atom is -0.294 e. The van der Waals surface area contributed by atoms with Crippen molar-refractivity contribution >= 4 is 43.6 Å². The van der Waals surface area contributed by atoms with Crippen LogP contribution in [0.2, 0.25) is 0 Å². The van der Waals surface area contributed by atoms with Crippen LogP contribution in [-0.2, 0) is 10.8 Å². The molecule has 15 rings (SSSR count). The molecule has 0 aliphatic heterocycles. The van der Waals surface area contributed by atoms with Crippen molar-refractivity contribution in [1.82, 2.24) is 14.1 Å². The number of nitrogens with zero attached hydrogens (tertiary/aromatic N) is 3. The summed E-state index contributed by atoms with van der Waals surface area (Å²) in [6.07, 6.45) is 0. The van der Waals surface area contributed by atoms with Gasteiger partial charge in [0.25, 0.3) is 0 Å². The molecular weight excluding hydrogens is 847 g/mol. The molecule has 3 heteroatoms. The number of pyridine rings is 1. The molecule has 0 fully saturated rings. The van der Waals surface area contributed by atoms with Crippen molar-refractivity contribution in [2.24, 2.45) is 0 Å². The van der Waals surface area contributed by atoms with Gasteiger partial charge in [-0.15, -0.1) is 0 Å². The second kappa shape index (κ2) is 14.7. The van der Waals surface area contributed by atoms with Crippen molar-refractivity contribution in [3.63, 3.8) is 0 Å². The lowest BCUT2D eigenvalue weighted by molar-refractivity contribution is 0.769. The predicted octanol–water partition coefficient (Wildman–Crippen LogP) is 16.0. The number of benzene rings is 10. The minimum atomic E-state index is -0.497. The Morgan fingerprint density at radius 2 is 0.586 bits per heavy atom. The molecule has 13 aromatic rings. The molecule has 0 bridgehead atoms. The summed E-state index contributed by atoms with van der Waals surface area (Å²) in [5, 5.41) is 4.81. The number of hydrogen-bond donors (Lipinski definition) is 0. The Morgan fingerprint density at radius 3 is 0.986 bits per heavy atom. The Kier molecular flexibility index (Phi) is 8.20. The maximum Gasteiger partial charge on any atom is 0.140 e. The summed E-state index contributed by atoms with van der Waals surface area (Å²) in [4.78, 5) is 5.71. The van der Waals surface area contributed by atoms with Gasteiger partial charge < -0.3 is 0 Å². The van der Waals surface area contributed by atoms with Gasteiger partial charge in [-0.05, 0) is 115 Å². The lowest BCUT2D eigenvalue weighted by Crippen LogP contribution is -2.28. The zero-order valence-corrected chi connectivity index (χ0v) is 38.2. The number of para-hydroxylation sites is 2. The molecule has 3 nitrogen and oxygen atoms in total. The van der Waals surface area contributed by atoms with Gasteiger partial charge in [-0.3, -0.25) is 9.13 Å². The Bertz CT molecular complexity index is 3870.